The normalized spacial score (nSPS) is 12.0. The lowest BCUT2D eigenvalue weighted by Crippen LogP contribution is -2.23. The van der Waals surface area contributed by atoms with E-state index in [1.807, 2.05) is 29.6 Å². The molecule has 21 heavy (non-hydrogen) atoms. The minimum atomic E-state index is -4.37. The third-order valence-electron chi connectivity index (χ3n) is 3.32. The average Bonchev–Trinajstić information content (AvgIpc) is 2.86. The fourth-order valence-corrected chi connectivity index (χ4v) is 3.12. The van der Waals surface area contributed by atoms with E-state index in [0.717, 1.165) is 15.6 Å². The van der Waals surface area contributed by atoms with E-state index >= 15 is 0 Å². The summed E-state index contributed by atoms with van der Waals surface area (Å²) < 4.78 is 38.1. The highest BCUT2D eigenvalue weighted by molar-refractivity contribution is 7.17. The second-order valence-corrected chi connectivity index (χ2v) is 5.77. The molecule has 0 spiro atoms. The van der Waals surface area contributed by atoms with Gasteiger partial charge in [0.05, 0.1) is 12.1 Å². The highest BCUT2D eigenvalue weighted by atomic mass is 32.1. The predicted molar refractivity (Wildman–Crippen MR) is 74.5 cm³/mol. The molecule has 0 unspecified atom stereocenters. The zero-order chi connectivity index (χ0) is 15.5. The second kappa shape index (κ2) is 5.75. The lowest BCUT2D eigenvalue weighted by Gasteiger charge is -2.19. The summed E-state index contributed by atoms with van der Waals surface area (Å²) in [7, 11) is 0. The molecule has 0 N–H and O–H groups in total. The molecule has 2 nitrogen and oxygen atoms in total. The number of hydrogen-bond acceptors (Lipinski definition) is 3. The molecule has 0 saturated heterocycles. The van der Waals surface area contributed by atoms with Crippen molar-refractivity contribution in [2.75, 3.05) is 0 Å². The van der Waals surface area contributed by atoms with Crippen LogP contribution < -0.4 is 0 Å². The lowest BCUT2D eigenvalue weighted by atomic mass is 9.80. The van der Waals surface area contributed by atoms with Crippen LogP contribution >= 0.6 is 11.3 Å². The molecule has 0 radical (unpaired) electrons. The zero-order valence-electron chi connectivity index (χ0n) is 10.9. The topological polar surface area (TPSA) is 47.6 Å². The first kappa shape index (κ1) is 15.3. The Hall–Kier alpha value is -2.05. The van der Waals surface area contributed by atoms with Gasteiger partial charge in [-0.2, -0.15) is 23.7 Å². The molecular weight excluding hydrogens is 297 g/mol. The number of benzene rings is 1. The van der Waals surface area contributed by atoms with Gasteiger partial charge in [0.15, 0.2) is 0 Å². The van der Waals surface area contributed by atoms with Gasteiger partial charge in [0.1, 0.15) is 5.41 Å². The van der Waals surface area contributed by atoms with Gasteiger partial charge < -0.3 is 0 Å². The molecule has 0 amide bonds. The first-order valence-electron chi connectivity index (χ1n) is 6.23. The Kier molecular flexibility index (Phi) is 4.20. The summed E-state index contributed by atoms with van der Waals surface area (Å²) in [6.45, 7) is 0. The van der Waals surface area contributed by atoms with Crippen LogP contribution in [0.5, 0.6) is 0 Å². The summed E-state index contributed by atoms with van der Waals surface area (Å²) in [5.41, 5.74) is -0.889. The number of nitriles is 2. The maximum Gasteiger partial charge on any atom is 0.389 e. The SMILES string of the molecule is N#CC(C#N)(CCC(F)(F)F)Cc1csc2ccccc12. The molecule has 0 fully saturated rings. The van der Waals surface area contributed by atoms with E-state index in [1.54, 1.807) is 12.1 Å². The van der Waals surface area contributed by atoms with Crippen LogP contribution in [-0.4, -0.2) is 6.18 Å². The van der Waals surface area contributed by atoms with E-state index < -0.39 is 24.4 Å². The van der Waals surface area contributed by atoms with E-state index in [-0.39, 0.29) is 6.42 Å². The second-order valence-electron chi connectivity index (χ2n) is 4.85. The number of thiophene rings is 1. The Labute approximate surface area is 124 Å². The third kappa shape index (κ3) is 3.53. The van der Waals surface area contributed by atoms with E-state index in [4.69, 9.17) is 0 Å². The number of halogens is 3. The Morgan fingerprint density at radius 3 is 2.33 bits per heavy atom. The van der Waals surface area contributed by atoms with Crippen LogP contribution in [0.1, 0.15) is 18.4 Å². The van der Waals surface area contributed by atoms with E-state index in [0.29, 0.717) is 0 Å². The van der Waals surface area contributed by atoms with Gasteiger partial charge in [-0.05, 0) is 28.8 Å². The monoisotopic (exact) mass is 308 g/mol. The fourth-order valence-electron chi connectivity index (χ4n) is 2.15. The predicted octanol–water partition coefficient (Wildman–Crippen LogP) is 4.82. The molecule has 1 aromatic heterocycles. The Balaban J connectivity index is 2.28. The lowest BCUT2D eigenvalue weighted by molar-refractivity contribution is -0.138. The average molecular weight is 308 g/mol. The molecular formula is C15H11F3N2S. The number of fused-ring (bicyclic) bond motifs is 1. The molecule has 0 atom stereocenters. The molecule has 0 bridgehead atoms. The van der Waals surface area contributed by atoms with Gasteiger partial charge in [0, 0.05) is 17.5 Å². The van der Waals surface area contributed by atoms with E-state index in [2.05, 4.69) is 0 Å². The minimum absolute atomic E-state index is 0.0140. The maximum absolute atomic E-state index is 12.4. The first-order chi connectivity index (χ1) is 9.89. The van der Waals surface area contributed by atoms with Crippen molar-refractivity contribution in [2.45, 2.75) is 25.4 Å². The third-order valence-corrected chi connectivity index (χ3v) is 4.33. The van der Waals surface area contributed by atoms with Crippen molar-refractivity contribution in [1.82, 2.24) is 0 Å². The molecule has 0 aliphatic carbocycles. The van der Waals surface area contributed by atoms with Crippen molar-refractivity contribution in [2.24, 2.45) is 5.41 Å². The Morgan fingerprint density at radius 2 is 1.71 bits per heavy atom. The van der Waals surface area contributed by atoms with E-state index in [9.17, 15) is 23.7 Å². The molecule has 0 aliphatic heterocycles. The van der Waals surface area contributed by atoms with Crippen molar-refractivity contribution in [3.05, 3.63) is 35.2 Å². The van der Waals surface area contributed by atoms with Gasteiger partial charge in [-0.15, -0.1) is 11.3 Å². The molecule has 1 aromatic carbocycles. The van der Waals surface area contributed by atoms with E-state index in [1.165, 1.54) is 11.3 Å². The smallest absolute Gasteiger partial charge is 0.197 e. The van der Waals surface area contributed by atoms with Crippen LogP contribution in [0, 0.1) is 28.1 Å². The van der Waals surface area contributed by atoms with Crippen molar-refractivity contribution < 1.29 is 13.2 Å². The molecule has 108 valence electrons. The van der Waals surface area contributed by atoms with Gasteiger partial charge in [0.2, 0.25) is 0 Å². The van der Waals surface area contributed by atoms with Gasteiger partial charge in [-0.3, -0.25) is 0 Å². The van der Waals surface area contributed by atoms with Crippen LogP contribution in [-0.2, 0) is 6.42 Å². The van der Waals surface area contributed by atoms with Gasteiger partial charge in [0.25, 0.3) is 0 Å². The van der Waals surface area contributed by atoms with Crippen LogP contribution in [0.2, 0.25) is 0 Å². The first-order valence-corrected chi connectivity index (χ1v) is 7.11. The van der Waals surface area contributed by atoms with Crippen molar-refractivity contribution in [3.8, 4) is 12.1 Å². The molecule has 2 rings (SSSR count). The highest BCUT2D eigenvalue weighted by Gasteiger charge is 2.37. The van der Waals surface area contributed by atoms with Crippen LogP contribution in [0.4, 0.5) is 13.2 Å². The quantitative estimate of drug-likeness (QED) is 0.813. The number of alkyl halides is 3. The summed E-state index contributed by atoms with van der Waals surface area (Å²) >= 11 is 1.46. The number of rotatable bonds is 4. The van der Waals surface area contributed by atoms with Gasteiger partial charge >= 0.3 is 6.18 Å². The van der Waals surface area contributed by atoms with Crippen LogP contribution in [0.25, 0.3) is 10.1 Å². The summed E-state index contributed by atoms with van der Waals surface area (Å²) in [5.74, 6) is 0. The Bertz CT molecular complexity index is 705. The Morgan fingerprint density at radius 1 is 1.05 bits per heavy atom. The largest absolute Gasteiger partial charge is 0.389 e. The standard InChI is InChI=1S/C15H11F3N2S/c16-15(17,18)6-5-14(9-19,10-20)7-11-8-21-13-4-2-1-3-12(11)13/h1-4,8H,5-7H2. The maximum atomic E-state index is 12.4. The minimum Gasteiger partial charge on any atom is -0.197 e. The highest BCUT2D eigenvalue weighted by Crippen LogP contribution is 2.36. The van der Waals surface area contributed by atoms with Gasteiger partial charge in [-0.1, -0.05) is 18.2 Å². The van der Waals surface area contributed by atoms with Crippen molar-refractivity contribution in [1.29, 1.82) is 10.5 Å². The van der Waals surface area contributed by atoms with Crippen LogP contribution in [0.3, 0.4) is 0 Å². The summed E-state index contributed by atoms with van der Waals surface area (Å²) in [6, 6.07) is 11.0. The fraction of sp³-hybridized carbons (Fsp3) is 0.333. The van der Waals surface area contributed by atoms with Gasteiger partial charge in [-0.25, -0.2) is 0 Å². The number of hydrogen-bond donors (Lipinski definition) is 0. The molecule has 0 aliphatic rings. The molecule has 2 aromatic rings. The zero-order valence-corrected chi connectivity index (χ0v) is 11.8. The summed E-state index contributed by atoms with van der Waals surface area (Å²) in [5, 5.41) is 21.1. The number of nitrogens with zero attached hydrogens (tertiary/aromatic N) is 2. The summed E-state index contributed by atoms with van der Waals surface area (Å²) in [4.78, 5) is 0. The van der Waals surface area contributed by atoms with Crippen molar-refractivity contribution >= 4 is 21.4 Å². The summed E-state index contributed by atoms with van der Waals surface area (Å²) in [6.07, 6.45) is -5.99. The molecule has 1 heterocycles. The van der Waals surface area contributed by atoms with Crippen molar-refractivity contribution in [3.63, 3.8) is 0 Å². The van der Waals surface area contributed by atoms with Crippen LogP contribution in [0.15, 0.2) is 29.6 Å². The molecule has 6 heteroatoms. The molecule has 0 saturated carbocycles.